The van der Waals surface area contributed by atoms with E-state index in [1.807, 2.05) is 25.2 Å². The maximum Gasteiger partial charge on any atom is 0.339 e. The topological polar surface area (TPSA) is 92.3 Å². The molecule has 2 atom stereocenters. The van der Waals surface area contributed by atoms with E-state index in [1.54, 1.807) is 16.4 Å². The molecule has 0 saturated carbocycles. The molecule has 0 radical (unpaired) electrons. The highest BCUT2D eigenvalue weighted by Gasteiger charge is 2.41. The number of hydrogen-bond acceptors (Lipinski definition) is 7. The largest absolute Gasteiger partial charge is 0.465 e. The number of rotatable bonds is 7. The van der Waals surface area contributed by atoms with Crippen molar-refractivity contribution in [2.24, 2.45) is 0 Å². The van der Waals surface area contributed by atoms with Gasteiger partial charge in [-0.3, -0.25) is 9.88 Å². The van der Waals surface area contributed by atoms with E-state index < -0.39 is 16.2 Å². The number of aromatic nitrogens is 1. The third kappa shape index (κ3) is 5.20. The minimum absolute atomic E-state index is 0.116. The first kappa shape index (κ1) is 24.0. The Morgan fingerprint density at radius 2 is 2.09 bits per heavy atom. The molecule has 180 valence electrons. The minimum atomic E-state index is -3.75. The van der Waals surface area contributed by atoms with Gasteiger partial charge in [-0.15, -0.1) is 0 Å². The van der Waals surface area contributed by atoms with Gasteiger partial charge in [0.15, 0.2) is 0 Å². The van der Waals surface area contributed by atoms with Crippen LogP contribution >= 0.6 is 0 Å². The fourth-order valence-corrected chi connectivity index (χ4v) is 6.35. The van der Waals surface area contributed by atoms with E-state index in [1.165, 1.54) is 17.6 Å². The smallest absolute Gasteiger partial charge is 0.339 e. The molecule has 1 aromatic rings. The van der Waals surface area contributed by atoms with Gasteiger partial charge in [-0.25, -0.2) is 4.79 Å². The molecule has 10 heteroatoms. The average molecular weight is 477 g/mol. The van der Waals surface area contributed by atoms with Crippen molar-refractivity contribution in [2.45, 2.75) is 44.9 Å². The van der Waals surface area contributed by atoms with Crippen molar-refractivity contribution in [1.82, 2.24) is 18.5 Å². The fourth-order valence-electron chi connectivity index (χ4n) is 4.55. The standard InChI is InChI=1S/C23H32N4O5S/c1-17-5-4-6-21(11-17)27(14-20-8-7-19(12-24-20)23(28)31-3)33(29,30)25-9-10-26(18(2)13-25)22-15-32-16-22/h4-8,12,18,21-22H,9-11,13-16H2,1-3H3/t18-,21?/m0/s1. The van der Waals surface area contributed by atoms with Gasteiger partial charge >= 0.3 is 5.97 Å². The molecular formula is C23H32N4O5S. The van der Waals surface area contributed by atoms with Gasteiger partial charge in [0.1, 0.15) is 0 Å². The van der Waals surface area contributed by atoms with Crippen LogP contribution in [0.2, 0.25) is 0 Å². The van der Waals surface area contributed by atoms with Gasteiger partial charge < -0.3 is 9.47 Å². The summed E-state index contributed by atoms with van der Waals surface area (Å²) in [7, 11) is -2.43. The van der Waals surface area contributed by atoms with Crippen molar-refractivity contribution in [3.63, 3.8) is 0 Å². The normalized spacial score (nSPS) is 25.0. The van der Waals surface area contributed by atoms with Gasteiger partial charge in [0, 0.05) is 37.9 Å². The Morgan fingerprint density at radius 3 is 2.67 bits per heavy atom. The molecule has 0 N–H and O–H groups in total. The molecule has 0 bridgehead atoms. The molecule has 9 nitrogen and oxygen atoms in total. The summed E-state index contributed by atoms with van der Waals surface area (Å²) in [5.74, 6) is -0.474. The molecule has 0 aromatic carbocycles. The molecule has 0 spiro atoms. The van der Waals surface area contributed by atoms with Crippen LogP contribution in [-0.4, -0.2) is 91.0 Å². The van der Waals surface area contributed by atoms with Crippen LogP contribution in [0.5, 0.6) is 0 Å². The summed E-state index contributed by atoms with van der Waals surface area (Å²) in [5, 5.41) is 0. The maximum absolute atomic E-state index is 13.9. The van der Waals surface area contributed by atoms with Crippen LogP contribution in [0.1, 0.15) is 36.3 Å². The number of hydrogen-bond donors (Lipinski definition) is 0. The van der Waals surface area contributed by atoms with E-state index in [9.17, 15) is 13.2 Å². The summed E-state index contributed by atoms with van der Waals surface area (Å²) >= 11 is 0. The Labute approximate surface area is 195 Å². The molecule has 4 rings (SSSR count). The lowest BCUT2D eigenvalue weighted by atomic mass is 10.0. The van der Waals surface area contributed by atoms with Crippen molar-refractivity contribution in [2.75, 3.05) is 40.0 Å². The molecule has 2 saturated heterocycles. The summed E-state index contributed by atoms with van der Waals surface area (Å²) in [4.78, 5) is 18.4. The molecule has 1 aromatic heterocycles. The maximum atomic E-state index is 13.9. The number of carbonyl (C=O) groups is 1. The van der Waals surface area contributed by atoms with Crippen LogP contribution < -0.4 is 0 Å². The third-order valence-corrected chi connectivity index (χ3v) is 8.51. The highest BCUT2D eigenvalue weighted by atomic mass is 32.2. The van der Waals surface area contributed by atoms with Crippen LogP contribution in [0.25, 0.3) is 0 Å². The summed E-state index contributed by atoms with van der Waals surface area (Å²) in [6.07, 6.45) is 7.90. The van der Waals surface area contributed by atoms with Crippen molar-refractivity contribution < 1.29 is 22.7 Å². The minimum Gasteiger partial charge on any atom is -0.465 e. The second kappa shape index (κ2) is 10.0. The molecule has 1 aliphatic carbocycles. The van der Waals surface area contributed by atoms with E-state index in [-0.39, 0.29) is 18.6 Å². The first-order chi connectivity index (χ1) is 15.8. The second-order valence-electron chi connectivity index (χ2n) is 8.89. The van der Waals surface area contributed by atoms with Crippen molar-refractivity contribution in [1.29, 1.82) is 0 Å². The monoisotopic (exact) mass is 476 g/mol. The number of piperazine rings is 1. The van der Waals surface area contributed by atoms with Crippen molar-refractivity contribution in [3.8, 4) is 0 Å². The predicted octanol–water partition coefficient (Wildman–Crippen LogP) is 1.59. The summed E-state index contributed by atoms with van der Waals surface area (Å²) in [5.41, 5.74) is 2.03. The van der Waals surface area contributed by atoms with Crippen LogP contribution in [0.4, 0.5) is 0 Å². The van der Waals surface area contributed by atoms with E-state index in [0.29, 0.717) is 43.4 Å². The molecule has 0 amide bonds. The molecular weight excluding hydrogens is 444 g/mol. The van der Waals surface area contributed by atoms with Gasteiger partial charge in [-0.1, -0.05) is 23.8 Å². The molecule has 3 aliphatic rings. The SMILES string of the molecule is COC(=O)c1ccc(CN(C2C=CC=C(C)C2)S(=O)(=O)N2CCN(C3COC3)[C@@H](C)C2)nc1. The molecule has 3 heterocycles. The number of allylic oxidation sites excluding steroid dienone is 2. The Hall–Kier alpha value is -2.11. The number of pyridine rings is 1. The van der Waals surface area contributed by atoms with Crippen LogP contribution in [0.15, 0.2) is 42.1 Å². The van der Waals surface area contributed by atoms with E-state index >= 15 is 0 Å². The van der Waals surface area contributed by atoms with Crippen LogP contribution in [-0.2, 0) is 26.2 Å². The Morgan fingerprint density at radius 1 is 1.30 bits per heavy atom. The quantitative estimate of drug-likeness (QED) is 0.552. The van der Waals surface area contributed by atoms with Crippen molar-refractivity contribution in [3.05, 3.63) is 53.4 Å². The zero-order valence-electron chi connectivity index (χ0n) is 19.4. The molecule has 33 heavy (non-hydrogen) atoms. The fraction of sp³-hybridized carbons (Fsp3) is 0.565. The zero-order valence-corrected chi connectivity index (χ0v) is 20.2. The number of methoxy groups -OCH3 is 1. The van der Waals surface area contributed by atoms with Gasteiger partial charge in [0.2, 0.25) is 0 Å². The zero-order chi connectivity index (χ0) is 23.6. The number of carbonyl (C=O) groups excluding carboxylic acids is 1. The second-order valence-corrected chi connectivity index (χ2v) is 10.8. The number of nitrogens with zero attached hydrogens (tertiary/aromatic N) is 4. The van der Waals surface area contributed by atoms with Crippen LogP contribution in [0.3, 0.4) is 0 Å². The molecule has 1 unspecified atom stereocenters. The molecule has 2 fully saturated rings. The first-order valence-corrected chi connectivity index (χ1v) is 12.7. The Bertz CT molecular complexity index is 1020. The highest BCUT2D eigenvalue weighted by molar-refractivity contribution is 7.86. The lowest BCUT2D eigenvalue weighted by Crippen LogP contribution is -2.63. The van der Waals surface area contributed by atoms with Gasteiger partial charge in [0.05, 0.1) is 44.2 Å². The van der Waals surface area contributed by atoms with Crippen LogP contribution in [0, 0.1) is 0 Å². The molecule has 2 aliphatic heterocycles. The Kier molecular flexibility index (Phi) is 7.30. The first-order valence-electron chi connectivity index (χ1n) is 11.3. The van der Waals surface area contributed by atoms with E-state index in [4.69, 9.17) is 9.47 Å². The number of ether oxygens (including phenoxy) is 2. The summed E-state index contributed by atoms with van der Waals surface area (Å²) < 4.78 is 40.9. The van der Waals surface area contributed by atoms with Gasteiger partial charge in [0.25, 0.3) is 10.2 Å². The lowest BCUT2D eigenvalue weighted by molar-refractivity contribution is -0.0876. The average Bonchev–Trinajstić information content (AvgIpc) is 2.77. The third-order valence-electron chi connectivity index (χ3n) is 6.53. The van der Waals surface area contributed by atoms with Gasteiger partial charge in [-0.05, 0) is 32.4 Å². The van der Waals surface area contributed by atoms with E-state index in [2.05, 4.69) is 16.8 Å². The predicted molar refractivity (Wildman–Crippen MR) is 124 cm³/mol. The summed E-state index contributed by atoms with van der Waals surface area (Å²) in [6.45, 7) is 7.21. The Balaban J connectivity index is 1.55. The van der Waals surface area contributed by atoms with Crippen molar-refractivity contribution >= 4 is 16.2 Å². The lowest BCUT2D eigenvalue weighted by Gasteiger charge is -2.47. The number of esters is 1. The van der Waals surface area contributed by atoms with Gasteiger partial charge in [-0.2, -0.15) is 17.0 Å². The van der Waals surface area contributed by atoms with E-state index in [0.717, 1.165) is 18.8 Å². The summed E-state index contributed by atoms with van der Waals surface area (Å²) in [6, 6.07) is 3.50. The highest BCUT2D eigenvalue weighted by Crippen LogP contribution is 2.27.